The number of likely N-dealkylation sites (N-methyl/N-ethyl adjacent to an activating group) is 1. The molecule has 152 valence electrons. The van der Waals surface area contributed by atoms with E-state index in [9.17, 15) is 0 Å². The van der Waals surface area contributed by atoms with Crippen molar-refractivity contribution in [2.24, 2.45) is 0 Å². The topological polar surface area (TPSA) is 69.2 Å². The fraction of sp³-hybridized carbons (Fsp3) is 0.391. The fourth-order valence-electron chi connectivity index (χ4n) is 4.27. The van der Waals surface area contributed by atoms with Crippen molar-refractivity contribution in [3.8, 4) is 17.0 Å². The van der Waals surface area contributed by atoms with Crippen LogP contribution in [0.4, 0.5) is 5.82 Å². The number of likely N-dealkylation sites (tertiary alicyclic amines) is 1. The predicted molar refractivity (Wildman–Crippen MR) is 116 cm³/mol. The highest BCUT2D eigenvalue weighted by atomic mass is 16.5. The number of anilines is 1. The van der Waals surface area contributed by atoms with Gasteiger partial charge in [0.1, 0.15) is 11.6 Å². The SMILES string of the molecule is CCN1CCCC(c2c(-c3cccc(OC)c3)ncn2Cc2cccnc2N)C1. The van der Waals surface area contributed by atoms with Gasteiger partial charge in [0.15, 0.2) is 0 Å². The number of benzene rings is 1. The number of aromatic nitrogens is 3. The Kier molecular flexibility index (Phi) is 5.81. The lowest BCUT2D eigenvalue weighted by atomic mass is 9.91. The van der Waals surface area contributed by atoms with Crippen LogP contribution in [0.15, 0.2) is 48.9 Å². The molecule has 0 saturated carbocycles. The van der Waals surface area contributed by atoms with Gasteiger partial charge in [-0.3, -0.25) is 0 Å². The number of nitrogen functional groups attached to an aromatic ring is 1. The Hall–Kier alpha value is -2.86. The number of hydrogen-bond acceptors (Lipinski definition) is 5. The lowest BCUT2D eigenvalue weighted by molar-refractivity contribution is 0.214. The molecular weight excluding hydrogens is 362 g/mol. The Morgan fingerprint density at radius 3 is 2.90 bits per heavy atom. The molecule has 1 unspecified atom stereocenters. The quantitative estimate of drug-likeness (QED) is 0.692. The molecule has 4 rings (SSSR count). The molecule has 2 aromatic heterocycles. The molecule has 3 aromatic rings. The van der Waals surface area contributed by atoms with Gasteiger partial charge in [0.25, 0.3) is 0 Å². The van der Waals surface area contributed by atoms with Crippen molar-refractivity contribution in [1.82, 2.24) is 19.4 Å². The second-order valence-corrected chi connectivity index (χ2v) is 7.62. The first-order valence-electron chi connectivity index (χ1n) is 10.3. The number of nitrogens with two attached hydrogens (primary N) is 1. The van der Waals surface area contributed by atoms with Crippen LogP contribution in [0.5, 0.6) is 5.75 Å². The van der Waals surface area contributed by atoms with E-state index >= 15 is 0 Å². The van der Waals surface area contributed by atoms with E-state index in [2.05, 4.69) is 33.5 Å². The third-order valence-electron chi connectivity index (χ3n) is 5.83. The van der Waals surface area contributed by atoms with Crippen molar-refractivity contribution in [2.75, 3.05) is 32.5 Å². The van der Waals surface area contributed by atoms with E-state index in [1.807, 2.05) is 30.6 Å². The summed E-state index contributed by atoms with van der Waals surface area (Å²) in [6.45, 7) is 6.22. The average Bonchev–Trinajstić information content (AvgIpc) is 3.19. The second kappa shape index (κ2) is 8.66. The lowest BCUT2D eigenvalue weighted by Gasteiger charge is -2.33. The van der Waals surface area contributed by atoms with Crippen LogP contribution in [0.3, 0.4) is 0 Å². The van der Waals surface area contributed by atoms with Gasteiger partial charge < -0.3 is 19.9 Å². The number of pyridine rings is 1. The highest BCUT2D eigenvalue weighted by Crippen LogP contribution is 2.35. The number of methoxy groups -OCH3 is 1. The van der Waals surface area contributed by atoms with E-state index in [1.54, 1.807) is 13.3 Å². The van der Waals surface area contributed by atoms with Gasteiger partial charge in [0.05, 0.1) is 25.7 Å². The van der Waals surface area contributed by atoms with Crippen molar-refractivity contribution in [3.63, 3.8) is 0 Å². The number of piperidine rings is 1. The van der Waals surface area contributed by atoms with Gasteiger partial charge in [-0.05, 0) is 44.1 Å². The van der Waals surface area contributed by atoms with Gasteiger partial charge in [0, 0.05) is 35.5 Å². The molecule has 0 spiro atoms. The third kappa shape index (κ3) is 4.12. The van der Waals surface area contributed by atoms with E-state index in [0.29, 0.717) is 18.3 Å². The molecule has 0 aliphatic carbocycles. The van der Waals surface area contributed by atoms with Gasteiger partial charge in [-0.25, -0.2) is 9.97 Å². The minimum atomic E-state index is 0.435. The summed E-state index contributed by atoms with van der Waals surface area (Å²) < 4.78 is 7.70. The lowest BCUT2D eigenvalue weighted by Crippen LogP contribution is -2.35. The summed E-state index contributed by atoms with van der Waals surface area (Å²) in [5.74, 6) is 1.86. The van der Waals surface area contributed by atoms with Crippen molar-refractivity contribution in [1.29, 1.82) is 0 Å². The average molecular weight is 392 g/mol. The molecular formula is C23H29N5O. The van der Waals surface area contributed by atoms with Crippen LogP contribution in [-0.4, -0.2) is 46.2 Å². The van der Waals surface area contributed by atoms with Crippen LogP contribution in [-0.2, 0) is 6.54 Å². The maximum atomic E-state index is 6.13. The Labute approximate surface area is 172 Å². The fourth-order valence-corrected chi connectivity index (χ4v) is 4.27. The summed E-state index contributed by atoms with van der Waals surface area (Å²) in [6, 6.07) is 12.1. The molecule has 0 bridgehead atoms. The number of rotatable bonds is 6. The zero-order valence-corrected chi connectivity index (χ0v) is 17.2. The van der Waals surface area contributed by atoms with Crippen molar-refractivity contribution in [2.45, 2.75) is 32.2 Å². The number of imidazole rings is 1. The van der Waals surface area contributed by atoms with Crippen LogP contribution >= 0.6 is 0 Å². The summed E-state index contributed by atoms with van der Waals surface area (Å²) >= 11 is 0. The molecule has 29 heavy (non-hydrogen) atoms. The monoisotopic (exact) mass is 391 g/mol. The van der Waals surface area contributed by atoms with Gasteiger partial charge in [0.2, 0.25) is 0 Å². The molecule has 1 aromatic carbocycles. The summed E-state index contributed by atoms with van der Waals surface area (Å²) in [7, 11) is 1.70. The molecule has 2 N–H and O–H groups in total. The molecule has 1 aliphatic heterocycles. The van der Waals surface area contributed by atoms with Crippen molar-refractivity contribution < 1.29 is 4.74 Å². The molecule has 0 amide bonds. The first kappa shape index (κ1) is 19.5. The summed E-state index contributed by atoms with van der Waals surface area (Å²) in [4.78, 5) is 11.6. The first-order chi connectivity index (χ1) is 14.2. The smallest absolute Gasteiger partial charge is 0.128 e. The molecule has 6 heteroatoms. The van der Waals surface area contributed by atoms with E-state index in [-0.39, 0.29) is 0 Å². The van der Waals surface area contributed by atoms with Crippen LogP contribution in [0, 0.1) is 0 Å². The highest BCUT2D eigenvalue weighted by Gasteiger charge is 2.27. The predicted octanol–water partition coefficient (Wildman–Crippen LogP) is 3.78. The molecule has 1 atom stereocenters. The van der Waals surface area contributed by atoms with Crippen LogP contribution in [0.25, 0.3) is 11.3 Å². The number of hydrogen-bond donors (Lipinski definition) is 1. The molecule has 1 aliphatic rings. The van der Waals surface area contributed by atoms with Crippen molar-refractivity contribution in [3.05, 3.63) is 60.2 Å². The minimum Gasteiger partial charge on any atom is -0.497 e. The van der Waals surface area contributed by atoms with Gasteiger partial charge in [-0.1, -0.05) is 25.1 Å². The highest BCUT2D eigenvalue weighted by molar-refractivity contribution is 5.65. The van der Waals surface area contributed by atoms with Crippen LogP contribution in [0.2, 0.25) is 0 Å². The van der Waals surface area contributed by atoms with Gasteiger partial charge in [-0.15, -0.1) is 0 Å². The molecule has 1 fully saturated rings. The minimum absolute atomic E-state index is 0.435. The normalized spacial score (nSPS) is 17.4. The summed E-state index contributed by atoms with van der Waals surface area (Å²) in [5, 5.41) is 0. The zero-order valence-electron chi connectivity index (χ0n) is 17.2. The third-order valence-corrected chi connectivity index (χ3v) is 5.83. The molecule has 6 nitrogen and oxygen atoms in total. The van der Waals surface area contributed by atoms with E-state index in [1.165, 1.54) is 25.1 Å². The number of ether oxygens (including phenoxy) is 1. The summed E-state index contributed by atoms with van der Waals surface area (Å²) in [5.41, 5.74) is 10.5. The Morgan fingerprint density at radius 2 is 2.10 bits per heavy atom. The standard InChI is InChI=1S/C23H29N5O/c1-3-27-12-6-9-18(14-27)22-21(17-7-4-10-20(13-17)29-2)26-16-28(22)15-19-8-5-11-25-23(19)24/h4-5,7-8,10-11,13,16,18H,3,6,9,12,14-15H2,1-2H3,(H2,24,25). The number of nitrogens with zero attached hydrogens (tertiary/aromatic N) is 4. The van der Waals surface area contributed by atoms with E-state index < -0.39 is 0 Å². The maximum absolute atomic E-state index is 6.13. The van der Waals surface area contributed by atoms with Crippen LogP contribution < -0.4 is 10.5 Å². The molecule has 1 saturated heterocycles. The van der Waals surface area contributed by atoms with Gasteiger partial charge in [-0.2, -0.15) is 0 Å². The maximum Gasteiger partial charge on any atom is 0.128 e. The molecule has 0 radical (unpaired) electrons. The van der Waals surface area contributed by atoms with E-state index in [0.717, 1.165) is 35.7 Å². The van der Waals surface area contributed by atoms with Crippen LogP contribution in [0.1, 0.15) is 36.9 Å². The Bertz CT molecular complexity index is 967. The van der Waals surface area contributed by atoms with Crippen molar-refractivity contribution >= 4 is 5.82 Å². The summed E-state index contributed by atoms with van der Waals surface area (Å²) in [6.07, 6.45) is 6.05. The second-order valence-electron chi connectivity index (χ2n) is 7.62. The Balaban J connectivity index is 1.77. The largest absolute Gasteiger partial charge is 0.497 e. The molecule has 3 heterocycles. The first-order valence-corrected chi connectivity index (χ1v) is 10.3. The van der Waals surface area contributed by atoms with Gasteiger partial charge >= 0.3 is 0 Å². The van der Waals surface area contributed by atoms with E-state index in [4.69, 9.17) is 15.5 Å². The zero-order chi connectivity index (χ0) is 20.2. The Morgan fingerprint density at radius 1 is 1.21 bits per heavy atom.